The maximum absolute atomic E-state index is 13.4. The van der Waals surface area contributed by atoms with E-state index < -0.39 is 0 Å². The first kappa shape index (κ1) is 14.1. The molecule has 0 saturated carbocycles. The van der Waals surface area contributed by atoms with Crippen molar-refractivity contribution < 1.29 is 18.1 Å². The molecule has 0 bridgehead atoms. The molecule has 3 aromatic rings. The van der Waals surface area contributed by atoms with Crippen molar-refractivity contribution in [3.63, 3.8) is 0 Å². The fourth-order valence-corrected chi connectivity index (χ4v) is 2.02. The summed E-state index contributed by atoms with van der Waals surface area (Å²) >= 11 is 0. The Hall–Kier alpha value is -2.89. The molecular weight excluding hydrogens is 287 g/mol. The number of nitrogens with zero attached hydrogens (tertiary/aromatic N) is 1. The van der Waals surface area contributed by atoms with Crippen LogP contribution in [0.1, 0.15) is 16.1 Å². The van der Waals surface area contributed by atoms with Crippen molar-refractivity contribution in [2.45, 2.75) is 6.42 Å². The van der Waals surface area contributed by atoms with Gasteiger partial charge in [-0.3, -0.25) is 4.79 Å². The van der Waals surface area contributed by atoms with Gasteiger partial charge >= 0.3 is 0 Å². The van der Waals surface area contributed by atoms with Crippen LogP contribution in [0.15, 0.2) is 57.7 Å². The molecule has 0 aliphatic heterocycles. The van der Waals surface area contributed by atoms with E-state index in [-0.39, 0.29) is 17.4 Å². The van der Waals surface area contributed by atoms with E-state index >= 15 is 0 Å². The van der Waals surface area contributed by atoms with Crippen molar-refractivity contribution in [2.75, 3.05) is 6.54 Å². The molecule has 0 fully saturated rings. The van der Waals surface area contributed by atoms with E-state index in [1.807, 2.05) is 0 Å². The van der Waals surface area contributed by atoms with Gasteiger partial charge in [0.2, 0.25) is 5.76 Å². The third kappa shape index (κ3) is 3.06. The molecule has 0 saturated heterocycles. The number of carbonyl (C=O) groups is 1. The molecule has 0 aliphatic carbocycles. The number of furan rings is 1. The van der Waals surface area contributed by atoms with Gasteiger partial charge in [0.1, 0.15) is 5.82 Å². The summed E-state index contributed by atoms with van der Waals surface area (Å²) < 4.78 is 23.7. The number of nitrogens with one attached hydrogen (secondary N) is 1. The van der Waals surface area contributed by atoms with Crippen molar-refractivity contribution in [1.82, 2.24) is 10.5 Å². The van der Waals surface area contributed by atoms with Crippen LogP contribution in [0.4, 0.5) is 4.39 Å². The van der Waals surface area contributed by atoms with Crippen molar-refractivity contribution in [3.05, 3.63) is 65.8 Å². The molecule has 1 aromatic carbocycles. The van der Waals surface area contributed by atoms with Gasteiger partial charge in [0, 0.05) is 12.6 Å². The van der Waals surface area contributed by atoms with Crippen molar-refractivity contribution in [3.8, 4) is 11.5 Å². The molecule has 2 heterocycles. The van der Waals surface area contributed by atoms with E-state index in [0.717, 1.165) is 0 Å². The van der Waals surface area contributed by atoms with Gasteiger partial charge in [-0.2, -0.15) is 0 Å². The summed E-state index contributed by atoms with van der Waals surface area (Å²) in [6.45, 7) is 0.308. The Morgan fingerprint density at radius 1 is 1.18 bits per heavy atom. The van der Waals surface area contributed by atoms with Crippen LogP contribution in [0.25, 0.3) is 11.5 Å². The predicted molar refractivity (Wildman–Crippen MR) is 76.6 cm³/mol. The van der Waals surface area contributed by atoms with E-state index in [9.17, 15) is 9.18 Å². The average molecular weight is 300 g/mol. The highest BCUT2D eigenvalue weighted by Crippen LogP contribution is 2.20. The molecule has 0 radical (unpaired) electrons. The number of hydrogen-bond acceptors (Lipinski definition) is 4. The van der Waals surface area contributed by atoms with E-state index in [1.165, 1.54) is 18.4 Å². The SMILES string of the molecule is O=C(NCCc1ccccc1F)c1cc(-c2ccco2)on1. The number of benzene rings is 1. The molecule has 5 nitrogen and oxygen atoms in total. The van der Waals surface area contributed by atoms with Gasteiger partial charge in [-0.25, -0.2) is 4.39 Å². The Kier molecular flexibility index (Phi) is 4.00. The second kappa shape index (κ2) is 6.26. The lowest BCUT2D eigenvalue weighted by Crippen LogP contribution is -2.26. The van der Waals surface area contributed by atoms with Crippen molar-refractivity contribution in [2.24, 2.45) is 0 Å². The fourth-order valence-electron chi connectivity index (χ4n) is 2.02. The molecule has 2 aromatic heterocycles. The van der Waals surface area contributed by atoms with Gasteiger partial charge in [0.15, 0.2) is 11.5 Å². The zero-order chi connectivity index (χ0) is 15.4. The van der Waals surface area contributed by atoms with Crippen LogP contribution < -0.4 is 5.32 Å². The quantitative estimate of drug-likeness (QED) is 0.786. The molecule has 1 N–H and O–H groups in total. The number of aromatic nitrogens is 1. The molecule has 0 unspecified atom stereocenters. The maximum Gasteiger partial charge on any atom is 0.273 e. The second-order valence-corrected chi connectivity index (χ2v) is 4.65. The van der Waals surface area contributed by atoms with E-state index in [2.05, 4.69) is 10.5 Å². The van der Waals surface area contributed by atoms with Gasteiger partial charge in [0.25, 0.3) is 5.91 Å². The third-order valence-corrected chi connectivity index (χ3v) is 3.14. The molecule has 0 spiro atoms. The lowest BCUT2D eigenvalue weighted by Gasteiger charge is -2.04. The monoisotopic (exact) mass is 300 g/mol. The highest BCUT2D eigenvalue weighted by atomic mass is 19.1. The van der Waals surface area contributed by atoms with E-state index in [1.54, 1.807) is 30.3 Å². The van der Waals surface area contributed by atoms with E-state index in [4.69, 9.17) is 8.94 Å². The van der Waals surface area contributed by atoms with Gasteiger partial charge in [0.05, 0.1) is 6.26 Å². The van der Waals surface area contributed by atoms with Crippen LogP contribution in [0.2, 0.25) is 0 Å². The van der Waals surface area contributed by atoms with Gasteiger partial charge in [-0.1, -0.05) is 23.4 Å². The smallest absolute Gasteiger partial charge is 0.273 e. The molecule has 3 rings (SSSR count). The third-order valence-electron chi connectivity index (χ3n) is 3.14. The number of rotatable bonds is 5. The second-order valence-electron chi connectivity index (χ2n) is 4.65. The zero-order valence-electron chi connectivity index (χ0n) is 11.6. The number of hydrogen-bond donors (Lipinski definition) is 1. The molecule has 6 heteroatoms. The number of carbonyl (C=O) groups excluding carboxylic acids is 1. The van der Waals surface area contributed by atoms with Crippen LogP contribution in [-0.4, -0.2) is 17.6 Å². The van der Waals surface area contributed by atoms with Crippen LogP contribution >= 0.6 is 0 Å². The van der Waals surface area contributed by atoms with Crippen LogP contribution in [0, 0.1) is 5.82 Å². The highest BCUT2D eigenvalue weighted by Gasteiger charge is 2.14. The molecule has 0 aliphatic rings. The minimum Gasteiger partial charge on any atom is -0.461 e. The lowest BCUT2D eigenvalue weighted by molar-refractivity contribution is 0.0945. The fraction of sp³-hybridized carbons (Fsp3) is 0.125. The van der Waals surface area contributed by atoms with Gasteiger partial charge in [-0.05, 0) is 30.2 Å². The Bertz CT molecular complexity index is 765. The predicted octanol–water partition coefficient (Wildman–Crippen LogP) is 3.05. The summed E-state index contributed by atoms with van der Waals surface area (Å²) in [5.74, 6) is 0.221. The zero-order valence-corrected chi connectivity index (χ0v) is 11.6. The molecule has 22 heavy (non-hydrogen) atoms. The number of amides is 1. The molecular formula is C16H13FN2O3. The molecule has 112 valence electrons. The van der Waals surface area contributed by atoms with Gasteiger partial charge in [-0.15, -0.1) is 0 Å². The topological polar surface area (TPSA) is 68.3 Å². The summed E-state index contributed by atoms with van der Waals surface area (Å²) in [6.07, 6.45) is 1.91. The first-order chi connectivity index (χ1) is 10.7. The number of halogens is 1. The molecule has 1 amide bonds. The molecule has 0 atom stereocenters. The normalized spacial score (nSPS) is 10.6. The summed E-state index contributed by atoms with van der Waals surface area (Å²) in [4.78, 5) is 11.9. The van der Waals surface area contributed by atoms with Crippen molar-refractivity contribution >= 4 is 5.91 Å². The van der Waals surface area contributed by atoms with Crippen molar-refractivity contribution in [1.29, 1.82) is 0 Å². The summed E-state index contributed by atoms with van der Waals surface area (Å²) in [6, 6.07) is 11.4. The minimum atomic E-state index is -0.377. The first-order valence-corrected chi connectivity index (χ1v) is 6.76. The van der Waals surface area contributed by atoms with Gasteiger partial charge < -0.3 is 14.3 Å². The summed E-state index contributed by atoms with van der Waals surface area (Å²) in [7, 11) is 0. The van der Waals surface area contributed by atoms with Crippen LogP contribution in [0.3, 0.4) is 0 Å². The summed E-state index contributed by atoms with van der Waals surface area (Å²) in [5.41, 5.74) is 0.708. The Morgan fingerprint density at radius 2 is 2.05 bits per heavy atom. The Morgan fingerprint density at radius 3 is 2.82 bits per heavy atom. The Balaban J connectivity index is 1.57. The highest BCUT2D eigenvalue weighted by molar-refractivity contribution is 5.92. The first-order valence-electron chi connectivity index (χ1n) is 6.76. The van der Waals surface area contributed by atoms with Crippen LogP contribution in [-0.2, 0) is 6.42 Å². The summed E-state index contributed by atoms with van der Waals surface area (Å²) in [5, 5.41) is 6.37. The Labute approximate surface area is 125 Å². The van der Waals surface area contributed by atoms with Crippen LogP contribution in [0.5, 0.6) is 0 Å². The minimum absolute atomic E-state index is 0.153. The average Bonchev–Trinajstić information content (AvgIpc) is 3.20. The largest absolute Gasteiger partial charge is 0.461 e. The standard InChI is InChI=1S/C16H13FN2O3/c17-12-5-2-1-4-11(12)7-8-18-16(20)13-10-15(22-19-13)14-6-3-9-21-14/h1-6,9-10H,7-8H2,(H,18,20). The van der Waals surface area contributed by atoms with E-state index in [0.29, 0.717) is 30.0 Å². The maximum atomic E-state index is 13.4. The lowest BCUT2D eigenvalue weighted by atomic mass is 10.1.